The molecule has 0 saturated carbocycles. The lowest BCUT2D eigenvalue weighted by Crippen LogP contribution is -2.39. The first-order valence-corrected chi connectivity index (χ1v) is 15.6. The zero-order chi connectivity index (χ0) is 31.7. The third-order valence-corrected chi connectivity index (χ3v) is 8.74. The molecule has 0 amide bonds. The van der Waals surface area contributed by atoms with Crippen LogP contribution in [0.4, 0.5) is 0 Å². The summed E-state index contributed by atoms with van der Waals surface area (Å²) in [5.74, 6) is 2.37. The second-order valence-corrected chi connectivity index (χ2v) is 12.0. The number of benzene rings is 3. The lowest BCUT2D eigenvalue weighted by Gasteiger charge is -2.25. The van der Waals surface area contributed by atoms with Gasteiger partial charge >= 0.3 is 5.97 Å². The van der Waals surface area contributed by atoms with Gasteiger partial charge in [-0.05, 0) is 72.4 Å². The fraction of sp³-hybridized carbons (Fsp3) is 0.286. The van der Waals surface area contributed by atoms with Crippen LogP contribution in [0.3, 0.4) is 0 Å². The smallest absolute Gasteiger partial charge is 0.338 e. The van der Waals surface area contributed by atoms with E-state index in [-0.39, 0.29) is 19.0 Å². The quantitative estimate of drug-likeness (QED) is 0.235. The summed E-state index contributed by atoms with van der Waals surface area (Å²) < 4.78 is 30.0. The van der Waals surface area contributed by atoms with E-state index in [2.05, 4.69) is 18.8 Å². The minimum Gasteiger partial charge on any atom is -0.493 e. The van der Waals surface area contributed by atoms with E-state index in [4.69, 9.17) is 23.7 Å². The molecule has 2 aliphatic rings. The second-order valence-electron chi connectivity index (χ2n) is 11.0. The summed E-state index contributed by atoms with van der Waals surface area (Å²) in [5.41, 5.74) is 4.32. The number of allylic oxidation sites excluding steroid dienone is 1. The minimum atomic E-state index is -0.662. The topological polar surface area (TPSA) is 97.6 Å². The van der Waals surface area contributed by atoms with Crippen molar-refractivity contribution in [2.24, 2.45) is 4.99 Å². The summed E-state index contributed by atoms with van der Waals surface area (Å²) in [6.45, 7) is 8.54. The van der Waals surface area contributed by atoms with E-state index in [9.17, 15) is 9.59 Å². The van der Waals surface area contributed by atoms with Crippen molar-refractivity contribution in [2.75, 3.05) is 20.5 Å². The van der Waals surface area contributed by atoms with Gasteiger partial charge in [-0.15, -0.1) is 0 Å². The number of aromatic nitrogens is 1. The van der Waals surface area contributed by atoms with Crippen molar-refractivity contribution in [2.45, 2.75) is 46.3 Å². The van der Waals surface area contributed by atoms with Crippen molar-refractivity contribution >= 4 is 23.4 Å². The highest BCUT2D eigenvalue weighted by Crippen LogP contribution is 2.34. The van der Waals surface area contributed by atoms with Crippen molar-refractivity contribution in [1.29, 1.82) is 0 Å². The summed E-state index contributed by atoms with van der Waals surface area (Å²) >= 11 is 1.28. The van der Waals surface area contributed by atoms with Crippen molar-refractivity contribution in [3.05, 3.63) is 114 Å². The largest absolute Gasteiger partial charge is 0.493 e. The van der Waals surface area contributed by atoms with Gasteiger partial charge < -0.3 is 23.7 Å². The molecule has 0 aliphatic carbocycles. The van der Waals surface area contributed by atoms with Gasteiger partial charge in [-0.25, -0.2) is 9.79 Å². The van der Waals surface area contributed by atoms with Crippen molar-refractivity contribution in [1.82, 2.24) is 4.57 Å². The third-order valence-electron chi connectivity index (χ3n) is 7.75. The molecule has 0 saturated heterocycles. The molecule has 9 nitrogen and oxygen atoms in total. The number of carbonyl (C=O) groups is 1. The third kappa shape index (κ3) is 5.98. The lowest BCUT2D eigenvalue weighted by atomic mass is 9.93. The van der Waals surface area contributed by atoms with Gasteiger partial charge in [0.2, 0.25) is 6.79 Å². The number of carbonyl (C=O) groups excluding carboxylic acids is 1. The molecule has 0 fully saturated rings. The molecule has 232 valence electrons. The molecule has 6 rings (SSSR count). The number of fused-ring (bicyclic) bond motifs is 2. The molecule has 3 aromatic carbocycles. The molecular formula is C35H34N2O7S. The first kappa shape index (κ1) is 30.2. The summed E-state index contributed by atoms with van der Waals surface area (Å²) in [4.78, 5) is 32.4. The molecule has 1 aromatic heterocycles. The normalized spacial score (nSPS) is 15.6. The molecule has 1 atom stereocenters. The van der Waals surface area contributed by atoms with Crippen LogP contribution in [0.1, 0.15) is 61.9 Å². The van der Waals surface area contributed by atoms with Crippen LogP contribution in [0.15, 0.2) is 81.7 Å². The fourth-order valence-corrected chi connectivity index (χ4v) is 6.45. The zero-order valence-electron chi connectivity index (χ0n) is 25.8. The van der Waals surface area contributed by atoms with E-state index in [1.807, 2.05) is 60.7 Å². The van der Waals surface area contributed by atoms with Gasteiger partial charge in [0.05, 0.1) is 35.6 Å². The Balaban J connectivity index is 1.34. The summed E-state index contributed by atoms with van der Waals surface area (Å²) in [5, 5.41) is 0. The predicted molar refractivity (Wildman–Crippen MR) is 171 cm³/mol. The van der Waals surface area contributed by atoms with Crippen LogP contribution in [-0.4, -0.2) is 31.0 Å². The first-order valence-electron chi connectivity index (χ1n) is 14.8. The molecule has 0 unspecified atom stereocenters. The summed E-state index contributed by atoms with van der Waals surface area (Å²) in [6.07, 6.45) is 1.80. The highest BCUT2D eigenvalue weighted by atomic mass is 32.1. The number of esters is 1. The van der Waals surface area contributed by atoms with E-state index in [0.717, 1.165) is 16.7 Å². The predicted octanol–water partition coefficient (Wildman–Crippen LogP) is 5.24. The Labute approximate surface area is 264 Å². The van der Waals surface area contributed by atoms with Crippen molar-refractivity contribution in [3.8, 4) is 23.0 Å². The van der Waals surface area contributed by atoms with Gasteiger partial charge in [0, 0.05) is 0 Å². The van der Waals surface area contributed by atoms with Gasteiger partial charge in [0.15, 0.2) is 27.8 Å². The molecule has 10 heteroatoms. The Hall–Kier alpha value is -4.83. The molecule has 3 heterocycles. The van der Waals surface area contributed by atoms with E-state index in [1.54, 1.807) is 31.6 Å². The molecule has 4 aromatic rings. The van der Waals surface area contributed by atoms with Gasteiger partial charge in [0.1, 0.15) is 6.61 Å². The first-order chi connectivity index (χ1) is 21.8. The average molecular weight is 627 g/mol. The van der Waals surface area contributed by atoms with Gasteiger partial charge in [-0.2, -0.15) is 0 Å². The maximum Gasteiger partial charge on any atom is 0.338 e. The Bertz CT molecular complexity index is 1970. The Kier molecular flexibility index (Phi) is 8.49. The standard InChI is InChI=1S/C35H34N2O7S/c1-6-41-34(39)31-21(4)36-35-37(32(31)25-11-9-24(10-12-25)20(2)3)33(38)30(45-35)17-22-7-13-26(28(15-22)40-5)42-18-23-8-14-27-29(16-23)44-19-43-27/h7-17,20,32H,6,18-19H2,1-5H3/b30-17-/t32-/m0/s1. The Morgan fingerprint density at radius 1 is 1.07 bits per heavy atom. The van der Waals surface area contributed by atoms with Crippen LogP contribution in [0, 0.1) is 0 Å². The Morgan fingerprint density at radius 3 is 2.58 bits per heavy atom. The number of thiazole rings is 1. The van der Waals surface area contributed by atoms with Crippen LogP contribution in [0.25, 0.3) is 6.08 Å². The SMILES string of the molecule is CCOC(=O)C1=C(C)N=c2s/c(=C\c3ccc(OCc4ccc5c(c4)OCO5)c(OC)c3)c(=O)n2[C@H]1c1ccc(C(C)C)cc1. The summed E-state index contributed by atoms with van der Waals surface area (Å²) in [6, 6.07) is 18.6. The van der Waals surface area contributed by atoms with Crippen LogP contribution in [0.5, 0.6) is 23.0 Å². The lowest BCUT2D eigenvalue weighted by molar-refractivity contribution is -0.139. The van der Waals surface area contributed by atoms with E-state index < -0.39 is 12.0 Å². The van der Waals surface area contributed by atoms with E-state index in [0.29, 0.717) is 56.1 Å². The van der Waals surface area contributed by atoms with Crippen molar-refractivity contribution < 1.29 is 28.5 Å². The highest BCUT2D eigenvalue weighted by molar-refractivity contribution is 7.07. The van der Waals surface area contributed by atoms with Gasteiger partial charge in [0.25, 0.3) is 5.56 Å². The number of hydrogen-bond donors (Lipinski definition) is 0. The maximum absolute atomic E-state index is 14.0. The molecular weight excluding hydrogens is 592 g/mol. The van der Waals surface area contributed by atoms with Gasteiger partial charge in [-0.3, -0.25) is 9.36 Å². The number of ether oxygens (including phenoxy) is 5. The Morgan fingerprint density at radius 2 is 1.84 bits per heavy atom. The van der Waals surface area contributed by atoms with Gasteiger partial charge in [-0.1, -0.05) is 61.6 Å². The van der Waals surface area contributed by atoms with Crippen molar-refractivity contribution in [3.63, 3.8) is 0 Å². The van der Waals surface area contributed by atoms with Crippen LogP contribution < -0.4 is 33.8 Å². The second kappa shape index (κ2) is 12.6. The molecule has 0 bridgehead atoms. The highest BCUT2D eigenvalue weighted by Gasteiger charge is 2.33. The monoisotopic (exact) mass is 626 g/mol. The number of rotatable bonds is 9. The molecule has 45 heavy (non-hydrogen) atoms. The fourth-order valence-electron chi connectivity index (χ4n) is 5.41. The average Bonchev–Trinajstić information content (AvgIpc) is 3.63. The molecule has 2 aliphatic heterocycles. The van der Waals surface area contributed by atoms with E-state index >= 15 is 0 Å². The number of nitrogens with zero attached hydrogens (tertiary/aromatic N) is 2. The van der Waals surface area contributed by atoms with Crippen LogP contribution in [0.2, 0.25) is 0 Å². The van der Waals surface area contributed by atoms with Crippen LogP contribution >= 0.6 is 11.3 Å². The number of methoxy groups -OCH3 is 1. The van der Waals surface area contributed by atoms with Crippen LogP contribution in [-0.2, 0) is 16.1 Å². The molecule has 0 spiro atoms. The maximum atomic E-state index is 14.0. The molecule has 0 N–H and O–H groups in total. The number of hydrogen-bond acceptors (Lipinski definition) is 9. The molecule has 0 radical (unpaired) electrons. The minimum absolute atomic E-state index is 0.213. The summed E-state index contributed by atoms with van der Waals surface area (Å²) in [7, 11) is 1.57. The zero-order valence-corrected chi connectivity index (χ0v) is 26.6. The van der Waals surface area contributed by atoms with E-state index in [1.165, 1.54) is 16.9 Å².